The number of methoxy groups -OCH3 is 1. The molecule has 0 spiro atoms. The van der Waals surface area contributed by atoms with Crippen molar-refractivity contribution >= 4 is 6.02 Å². The lowest BCUT2D eigenvalue weighted by Crippen LogP contribution is -2.13. The van der Waals surface area contributed by atoms with Gasteiger partial charge in [-0.15, -0.1) is 0 Å². The summed E-state index contributed by atoms with van der Waals surface area (Å²) in [7, 11) is 1.50. The van der Waals surface area contributed by atoms with E-state index in [9.17, 15) is 0 Å². The number of nitrogens with zero attached hydrogens (tertiary/aromatic N) is 1. The van der Waals surface area contributed by atoms with Crippen molar-refractivity contribution in [1.82, 2.24) is 0 Å². The Morgan fingerprint density at radius 2 is 2.08 bits per heavy atom. The molecule has 0 saturated carbocycles. The molecule has 0 aliphatic rings. The minimum atomic E-state index is 0.221. The summed E-state index contributed by atoms with van der Waals surface area (Å²) >= 11 is 0. The lowest BCUT2D eigenvalue weighted by molar-refractivity contribution is 0.394. The molecule has 2 N–H and O–H groups in total. The number of ether oxygens (including phenoxy) is 1. The Kier molecular flexibility index (Phi) is 3.14. The van der Waals surface area contributed by atoms with Crippen LogP contribution >= 0.6 is 0 Å². The van der Waals surface area contributed by atoms with Gasteiger partial charge in [-0.1, -0.05) is 30.3 Å². The van der Waals surface area contributed by atoms with Crippen molar-refractivity contribution in [3.8, 4) is 0 Å². The molecule has 0 radical (unpaired) electrons. The molecule has 12 heavy (non-hydrogen) atoms. The van der Waals surface area contributed by atoms with E-state index < -0.39 is 0 Å². The average Bonchev–Trinajstić information content (AvgIpc) is 2.16. The van der Waals surface area contributed by atoms with Crippen LogP contribution in [0.2, 0.25) is 0 Å². The van der Waals surface area contributed by atoms with Crippen LogP contribution in [0, 0.1) is 0 Å². The molecule has 0 atom stereocenters. The first-order chi connectivity index (χ1) is 5.83. The van der Waals surface area contributed by atoms with E-state index in [1.54, 1.807) is 0 Å². The Balaban J connectivity index is 2.54. The Morgan fingerprint density at radius 3 is 2.67 bits per heavy atom. The van der Waals surface area contributed by atoms with Crippen LogP contribution in [0.4, 0.5) is 0 Å². The molecule has 3 heteroatoms. The number of aliphatic imine (C=N–C) groups is 1. The number of amidine groups is 1. The predicted molar refractivity (Wildman–Crippen MR) is 48.8 cm³/mol. The molecule has 1 aromatic rings. The predicted octanol–water partition coefficient (Wildman–Crippen LogP) is 1.15. The number of hydrogen-bond acceptors (Lipinski definition) is 2. The van der Waals surface area contributed by atoms with Crippen LogP contribution in [-0.2, 0) is 11.3 Å². The van der Waals surface area contributed by atoms with E-state index in [0.29, 0.717) is 6.54 Å². The largest absolute Gasteiger partial charge is 0.469 e. The molecule has 0 saturated heterocycles. The molecule has 64 valence electrons. The maximum absolute atomic E-state index is 5.35. The van der Waals surface area contributed by atoms with E-state index >= 15 is 0 Å². The van der Waals surface area contributed by atoms with Crippen molar-refractivity contribution in [3.05, 3.63) is 35.9 Å². The normalized spacial score (nSPS) is 11.2. The molecule has 1 aromatic carbocycles. The lowest BCUT2D eigenvalue weighted by atomic mass is 10.2. The summed E-state index contributed by atoms with van der Waals surface area (Å²) in [5, 5.41) is 0. The van der Waals surface area contributed by atoms with Crippen molar-refractivity contribution in [3.63, 3.8) is 0 Å². The van der Waals surface area contributed by atoms with Crippen molar-refractivity contribution in [2.24, 2.45) is 10.7 Å². The van der Waals surface area contributed by atoms with E-state index in [1.807, 2.05) is 30.3 Å². The molecule has 0 aliphatic heterocycles. The molecule has 0 bridgehead atoms. The van der Waals surface area contributed by atoms with Gasteiger partial charge in [0.25, 0.3) is 6.02 Å². The Hall–Kier alpha value is -1.51. The fourth-order valence-electron chi connectivity index (χ4n) is 0.817. The lowest BCUT2D eigenvalue weighted by Gasteiger charge is -1.97. The standard InChI is InChI=1S/C9H12N2O/c1-12-9(10)11-7-8-5-3-2-4-6-8/h2-6H,7H2,1H3,(H2,10,11). The Labute approximate surface area is 71.9 Å². The van der Waals surface area contributed by atoms with Gasteiger partial charge in [-0.3, -0.25) is 0 Å². The third-order valence-electron chi connectivity index (χ3n) is 1.47. The zero-order chi connectivity index (χ0) is 8.81. The van der Waals surface area contributed by atoms with E-state index in [-0.39, 0.29) is 6.02 Å². The monoisotopic (exact) mass is 164 g/mol. The Morgan fingerprint density at radius 1 is 1.42 bits per heavy atom. The summed E-state index contributed by atoms with van der Waals surface area (Å²) in [5.74, 6) is 0. The van der Waals surface area contributed by atoms with Gasteiger partial charge < -0.3 is 10.5 Å². The highest BCUT2D eigenvalue weighted by molar-refractivity contribution is 5.71. The molecule has 0 unspecified atom stereocenters. The summed E-state index contributed by atoms with van der Waals surface area (Å²) in [6, 6.07) is 10.1. The van der Waals surface area contributed by atoms with Gasteiger partial charge in [-0.25, -0.2) is 4.99 Å². The maximum Gasteiger partial charge on any atom is 0.281 e. The highest BCUT2D eigenvalue weighted by Crippen LogP contribution is 1.99. The zero-order valence-corrected chi connectivity index (χ0v) is 7.03. The van der Waals surface area contributed by atoms with Gasteiger partial charge in [-0.2, -0.15) is 0 Å². The molecule has 0 aromatic heterocycles. The van der Waals surface area contributed by atoms with E-state index in [1.165, 1.54) is 7.11 Å². The Bertz CT molecular complexity index is 256. The quantitative estimate of drug-likeness (QED) is 0.526. The SMILES string of the molecule is COC(N)=NCc1ccccc1. The fraction of sp³-hybridized carbons (Fsp3) is 0.222. The van der Waals surface area contributed by atoms with Crippen LogP contribution in [0.5, 0.6) is 0 Å². The van der Waals surface area contributed by atoms with Crippen LogP contribution < -0.4 is 5.73 Å². The average molecular weight is 164 g/mol. The summed E-state index contributed by atoms with van der Waals surface area (Å²) in [4.78, 5) is 3.99. The van der Waals surface area contributed by atoms with Gasteiger partial charge in [0.1, 0.15) is 0 Å². The second kappa shape index (κ2) is 4.38. The van der Waals surface area contributed by atoms with Crippen LogP contribution in [0.15, 0.2) is 35.3 Å². The second-order valence-electron chi connectivity index (χ2n) is 2.34. The van der Waals surface area contributed by atoms with Crippen LogP contribution in [0.25, 0.3) is 0 Å². The van der Waals surface area contributed by atoms with Gasteiger partial charge in [0.05, 0.1) is 13.7 Å². The third-order valence-corrected chi connectivity index (χ3v) is 1.47. The number of nitrogens with two attached hydrogens (primary N) is 1. The highest BCUT2D eigenvalue weighted by atomic mass is 16.5. The van der Waals surface area contributed by atoms with E-state index in [2.05, 4.69) is 4.99 Å². The molecule has 0 fully saturated rings. The molecule has 0 aliphatic carbocycles. The molecule has 0 amide bonds. The van der Waals surface area contributed by atoms with Crippen LogP contribution in [0.1, 0.15) is 5.56 Å². The first-order valence-electron chi connectivity index (χ1n) is 3.71. The van der Waals surface area contributed by atoms with Crippen molar-refractivity contribution in [1.29, 1.82) is 0 Å². The number of benzene rings is 1. The van der Waals surface area contributed by atoms with Crippen LogP contribution in [0.3, 0.4) is 0 Å². The summed E-state index contributed by atoms with van der Waals surface area (Å²) < 4.78 is 4.70. The number of hydrogen-bond donors (Lipinski definition) is 1. The van der Waals surface area contributed by atoms with Gasteiger partial charge >= 0.3 is 0 Å². The topological polar surface area (TPSA) is 47.6 Å². The van der Waals surface area contributed by atoms with Gasteiger partial charge in [-0.05, 0) is 5.56 Å². The molecular weight excluding hydrogens is 152 g/mol. The minimum Gasteiger partial charge on any atom is -0.469 e. The van der Waals surface area contributed by atoms with Crippen molar-refractivity contribution < 1.29 is 4.74 Å². The smallest absolute Gasteiger partial charge is 0.281 e. The fourth-order valence-corrected chi connectivity index (χ4v) is 0.817. The first kappa shape index (κ1) is 8.59. The first-order valence-corrected chi connectivity index (χ1v) is 3.71. The molecule has 0 heterocycles. The molecular formula is C9H12N2O. The van der Waals surface area contributed by atoms with Crippen molar-refractivity contribution in [2.75, 3.05) is 7.11 Å². The van der Waals surface area contributed by atoms with Gasteiger partial charge in [0.2, 0.25) is 0 Å². The summed E-state index contributed by atoms with van der Waals surface area (Å²) in [6.45, 7) is 0.570. The van der Waals surface area contributed by atoms with Crippen LogP contribution in [-0.4, -0.2) is 13.1 Å². The van der Waals surface area contributed by atoms with Gasteiger partial charge in [0.15, 0.2) is 0 Å². The zero-order valence-electron chi connectivity index (χ0n) is 7.03. The van der Waals surface area contributed by atoms with Gasteiger partial charge in [0, 0.05) is 0 Å². The summed E-state index contributed by atoms with van der Waals surface area (Å²) in [6.07, 6.45) is 0. The maximum atomic E-state index is 5.35. The van der Waals surface area contributed by atoms with E-state index in [4.69, 9.17) is 10.5 Å². The second-order valence-corrected chi connectivity index (χ2v) is 2.34. The molecule has 1 rings (SSSR count). The van der Waals surface area contributed by atoms with Crippen molar-refractivity contribution in [2.45, 2.75) is 6.54 Å². The summed E-state index contributed by atoms with van der Waals surface area (Å²) in [5.41, 5.74) is 6.47. The minimum absolute atomic E-state index is 0.221. The highest BCUT2D eigenvalue weighted by Gasteiger charge is 1.89. The number of rotatable bonds is 2. The third kappa shape index (κ3) is 2.62. The van der Waals surface area contributed by atoms with E-state index in [0.717, 1.165) is 5.56 Å². The molecule has 3 nitrogen and oxygen atoms in total.